The molecule has 1 aliphatic rings. The molecule has 1 saturated carbocycles. The molecular formula is C23H27F2N3O4. The van der Waals surface area contributed by atoms with Gasteiger partial charge in [-0.2, -0.15) is 0 Å². The average molecular weight is 447 g/mol. The number of nitrogens with zero attached hydrogens (tertiary/aromatic N) is 1. The molecule has 0 bridgehead atoms. The van der Waals surface area contributed by atoms with Crippen LogP contribution in [0.2, 0.25) is 0 Å². The van der Waals surface area contributed by atoms with E-state index in [1.807, 2.05) is 0 Å². The molecule has 9 heteroatoms. The van der Waals surface area contributed by atoms with E-state index in [4.69, 9.17) is 9.47 Å². The van der Waals surface area contributed by atoms with Crippen molar-refractivity contribution in [3.8, 4) is 11.6 Å². The first-order valence-electron chi connectivity index (χ1n) is 10.5. The molecular weight excluding hydrogens is 420 g/mol. The number of carbonyl (C=O) groups is 2. The normalized spacial score (nSPS) is 18.5. The summed E-state index contributed by atoms with van der Waals surface area (Å²) in [6.07, 6.45) is 3.11. The standard InChI is InChI=1S/C23H27F2N3O4/c1-23(2,3)32-22(30)28-17-8-6-16(7-9-17)27-20(29)19-12-15(25)13-26-21(19)31-18-10-4-14(24)5-11-18/h4-5,10-13,16-17H,6-9H2,1-3H3,(H,27,29)(H,28,30). The summed E-state index contributed by atoms with van der Waals surface area (Å²) in [4.78, 5) is 28.6. The molecule has 1 heterocycles. The average Bonchev–Trinajstić information content (AvgIpc) is 2.71. The van der Waals surface area contributed by atoms with Gasteiger partial charge in [0, 0.05) is 12.1 Å². The van der Waals surface area contributed by atoms with Crippen molar-refractivity contribution in [3.63, 3.8) is 0 Å². The third-order valence-corrected chi connectivity index (χ3v) is 4.87. The summed E-state index contributed by atoms with van der Waals surface area (Å²) in [6, 6.07) is 6.08. The second kappa shape index (κ2) is 9.93. The van der Waals surface area contributed by atoms with Crippen LogP contribution in [-0.4, -0.2) is 34.7 Å². The number of halogens is 2. The Morgan fingerprint density at radius 2 is 1.56 bits per heavy atom. The van der Waals surface area contributed by atoms with Crippen molar-refractivity contribution in [1.82, 2.24) is 15.6 Å². The highest BCUT2D eigenvalue weighted by Crippen LogP contribution is 2.25. The van der Waals surface area contributed by atoms with Gasteiger partial charge in [-0.3, -0.25) is 4.79 Å². The molecule has 2 N–H and O–H groups in total. The number of hydrogen-bond acceptors (Lipinski definition) is 5. The number of alkyl carbamates (subject to hydrolysis) is 1. The zero-order chi connectivity index (χ0) is 23.3. The number of amides is 2. The quantitative estimate of drug-likeness (QED) is 0.693. The van der Waals surface area contributed by atoms with Crippen molar-refractivity contribution in [2.45, 2.75) is 64.1 Å². The van der Waals surface area contributed by atoms with Crippen LogP contribution in [0, 0.1) is 11.6 Å². The lowest BCUT2D eigenvalue weighted by atomic mass is 9.91. The molecule has 0 saturated heterocycles. The number of benzene rings is 1. The minimum absolute atomic E-state index is 0.0359. The molecule has 0 aliphatic heterocycles. The summed E-state index contributed by atoms with van der Waals surface area (Å²) < 4.78 is 37.7. The smallest absolute Gasteiger partial charge is 0.407 e. The monoisotopic (exact) mass is 447 g/mol. The number of nitrogens with one attached hydrogen (secondary N) is 2. The maximum absolute atomic E-state index is 13.8. The highest BCUT2D eigenvalue weighted by molar-refractivity contribution is 5.96. The largest absolute Gasteiger partial charge is 0.444 e. The molecule has 0 radical (unpaired) electrons. The Hall–Kier alpha value is -3.23. The number of carbonyl (C=O) groups excluding carboxylic acids is 2. The molecule has 7 nitrogen and oxygen atoms in total. The second-order valence-corrected chi connectivity index (χ2v) is 8.73. The van der Waals surface area contributed by atoms with Crippen LogP contribution < -0.4 is 15.4 Å². The molecule has 0 atom stereocenters. The minimum atomic E-state index is -0.674. The van der Waals surface area contributed by atoms with Crippen LogP contribution in [0.4, 0.5) is 13.6 Å². The van der Waals surface area contributed by atoms with Crippen LogP contribution in [0.3, 0.4) is 0 Å². The van der Waals surface area contributed by atoms with Gasteiger partial charge in [0.2, 0.25) is 5.88 Å². The van der Waals surface area contributed by atoms with Gasteiger partial charge in [-0.15, -0.1) is 0 Å². The number of pyridine rings is 1. The molecule has 32 heavy (non-hydrogen) atoms. The number of ether oxygens (including phenoxy) is 2. The number of aromatic nitrogens is 1. The van der Waals surface area contributed by atoms with Gasteiger partial charge in [0.05, 0.1) is 6.20 Å². The highest BCUT2D eigenvalue weighted by atomic mass is 19.1. The zero-order valence-electron chi connectivity index (χ0n) is 18.3. The molecule has 1 aliphatic carbocycles. The predicted octanol–water partition coefficient (Wildman–Crippen LogP) is 4.72. The molecule has 3 rings (SSSR count). The molecule has 172 valence electrons. The van der Waals surface area contributed by atoms with Crippen LogP contribution >= 0.6 is 0 Å². The molecule has 2 aromatic rings. The third kappa shape index (κ3) is 6.90. The fraction of sp³-hybridized carbons (Fsp3) is 0.435. The Morgan fingerprint density at radius 1 is 0.969 bits per heavy atom. The molecule has 1 fully saturated rings. The lowest BCUT2D eigenvalue weighted by molar-refractivity contribution is 0.0488. The van der Waals surface area contributed by atoms with Gasteiger partial charge in [-0.1, -0.05) is 0 Å². The highest BCUT2D eigenvalue weighted by Gasteiger charge is 2.27. The van der Waals surface area contributed by atoms with E-state index in [0.717, 1.165) is 12.3 Å². The maximum atomic E-state index is 13.8. The summed E-state index contributed by atoms with van der Waals surface area (Å²) in [5.41, 5.74) is -0.620. The van der Waals surface area contributed by atoms with E-state index in [1.165, 1.54) is 24.3 Å². The van der Waals surface area contributed by atoms with E-state index < -0.39 is 29.2 Å². The van der Waals surface area contributed by atoms with Crippen LogP contribution in [-0.2, 0) is 4.74 Å². The van der Waals surface area contributed by atoms with Crippen LogP contribution in [0.15, 0.2) is 36.5 Å². The summed E-state index contributed by atoms with van der Waals surface area (Å²) >= 11 is 0. The third-order valence-electron chi connectivity index (χ3n) is 4.87. The lowest BCUT2D eigenvalue weighted by Crippen LogP contribution is -2.45. The first kappa shape index (κ1) is 23.4. The van der Waals surface area contributed by atoms with Gasteiger partial charge in [0.25, 0.3) is 5.91 Å². The SMILES string of the molecule is CC(C)(C)OC(=O)NC1CCC(NC(=O)c2cc(F)cnc2Oc2ccc(F)cc2)CC1. The van der Waals surface area contributed by atoms with Crippen molar-refractivity contribution in [2.24, 2.45) is 0 Å². The Morgan fingerprint density at radius 3 is 2.16 bits per heavy atom. The topological polar surface area (TPSA) is 89.6 Å². The minimum Gasteiger partial charge on any atom is -0.444 e. The fourth-order valence-corrected chi connectivity index (χ4v) is 3.40. The van der Waals surface area contributed by atoms with Gasteiger partial charge in [0.1, 0.15) is 28.5 Å². The van der Waals surface area contributed by atoms with E-state index in [2.05, 4.69) is 15.6 Å². The van der Waals surface area contributed by atoms with Crippen molar-refractivity contribution in [1.29, 1.82) is 0 Å². The Balaban J connectivity index is 1.58. The van der Waals surface area contributed by atoms with Gasteiger partial charge >= 0.3 is 6.09 Å². The van der Waals surface area contributed by atoms with E-state index in [1.54, 1.807) is 20.8 Å². The van der Waals surface area contributed by atoms with E-state index in [9.17, 15) is 18.4 Å². The first-order valence-corrected chi connectivity index (χ1v) is 10.5. The molecule has 0 unspecified atom stereocenters. The van der Waals surface area contributed by atoms with E-state index in [-0.39, 0.29) is 29.3 Å². The van der Waals surface area contributed by atoms with Crippen LogP contribution in [0.1, 0.15) is 56.8 Å². The van der Waals surface area contributed by atoms with E-state index in [0.29, 0.717) is 25.7 Å². The number of hydrogen-bond donors (Lipinski definition) is 2. The summed E-state index contributed by atoms with van der Waals surface area (Å²) in [5, 5.41) is 5.73. The Bertz CT molecular complexity index is 953. The van der Waals surface area contributed by atoms with E-state index >= 15 is 0 Å². The fourth-order valence-electron chi connectivity index (χ4n) is 3.40. The molecule has 0 spiro atoms. The summed E-state index contributed by atoms with van der Waals surface area (Å²) in [6.45, 7) is 5.40. The maximum Gasteiger partial charge on any atom is 0.407 e. The second-order valence-electron chi connectivity index (χ2n) is 8.73. The zero-order valence-corrected chi connectivity index (χ0v) is 18.3. The van der Waals surface area contributed by atoms with Gasteiger partial charge < -0.3 is 20.1 Å². The van der Waals surface area contributed by atoms with Crippen molar-refractivity contribution >= 4 is 12.0 Å². The van der Waals surface area contributed by atoms with Gasteiger partial charge in [0.15, 0.2) is 0 Å². The summed E-state index contributed by atoms with van der Waals surface area (Å²) in [7, 11) is 0. The molecule has 2 amide bonds. The van der Waals surface area contributed by atoms with Gasteiger partial charge in [-0.25, -0.2) is 18.6 Å². The van der Waals surface area contributed by atoms with Crippen LogP contribution in [0.5, 0.6) is 11.6 Å². The lowest BCUT2D eigenvalue weighted by Gasteiger charge is -2.30. The van der Waals surface area contributed by atoms with Crippen LogP contribution in [0.25, 0.3) is 0 Å². The summed E-state index contributed by atoms with van der Waals surface area (Å²) in [5.74, 6) is -1.42. The molecule has 1 aromatic carbocycles. The van der Waals surface area contributed by atoms with Gasteiger partial charge in [-0.05, 0) is 76.8 Å². The van der Waals surface area contributed by atoms with Crippen molar-refractivity contribution < 1.29 is 27.8 Å². The van der Waals surface area contributed by atoms with Crippen molar-refractivity contribution in [2.75, 3.05) is 0 Å². The Kier molecular flexibility index (Phi) is 7.27. The Labute approximate surface area is 185 Å². The molecule has 1 aromatic heterocycles. The predicted molar refractivity (Wildman–Crippen MR) is 114 cm³/mol. The number of rotatable bonds is 5. The van der Waals surface area contributed by atoms with Crippen molar-refractivity contribution in [3.05, 3.63) is 53.7 Å². The first-order chi connectivity index (χ1) is 15.1.